The molecule has 0 fully saturated rings. The molecule has 0 aliphatic carbocycles. The normalized spacial score (nSPS) is 8.52. The van der Waals surface area contributed by atoms with Crippen LogP contribution in [0, 0.1) is 13.8 Å². The molecule has 3 rings (SSSR count). The van der Waals surface area contributed by atoms with E-state index in [1.54, 1.807) is 25.1 Å². The maximum absolute atomic E-state index is 8.36. The molecule has 0 unspecified atom stereocenters. The van der Waals surface area contributed by atoms with Crippen molar-refractivity contribution in [2.24, 2.45) is 7.05 Å². The van der Waals surface area contributed by atoms with E-state index in [9.17, 15) is 0 Å². The van der Waals surface area contributed by atoms with Gasteiger partial charge in [-0.25, -0.2) is 9.97 Å². The van der Waals surface area contributed by atoms with Gasteiger partial charge in [-0.1, -0.05) is 6.92 Å². The van der Waals surface area contributed by atoms with Crippen LogP contribution < -0.4 is 0 Å². The van der Waals surface area contributed by atoms with Crippen molar-refractivity contribution in [2.45, 2.75) is 27.2 Å². The van der Waals surface area contributed by atoms with Crippen molar-refractivity contribution in [3.63, 3.8) is 0 Å². The van der Waals surface area contributed by atoms with Gasteiger partial charge in [-0.15, -0.1) is 0 Å². The first-order chi connectivity index (χ1) is 11.0. The van der Waals surface area contributed by atoms with E-state index in [1.165, 1.54) is 5.56 Å². The van der Waals surface area contributed by atoms with Gasteiger partial charge in [0.05, 0.1) is 24.5 Å². The summed E-state index contributed by atoms with van der Waals surface area (Å²) in [5.41, 5.74) is 2.25. The highest BCUT2D eigenvalue weighted by molar-refractivity contribution is 5.32. The van der Waals surface area contributed by atoms with Crippen molar-refractivity contribution in [3.8, 4) is 0 Å². The van der Waals surface area contributed by atoms with Gasteiger partial charge in [0.25, 0.3) is 6.47 Å². The molecule has 7 heteroatoms. The molecular formula is C16H24N4O3. The van der Waals surface area contributed by atoms with Gasteiger partial charge in [0.15, 0.2) is 0 Å². The number of H-pyrrole nitrogens is 1. The van der Waals surface area contributed by atoms with Crippen LogP contribution in [0.4, 0.5) is 0 Å². The first kappa shape index (κ1) is 20.2. The summed E-state index contributed by atoms with van der Waals surface area (Å²) in [5.74, 6) is 1.07. The lowest BCUT2D eigenvalue weighted by atomic mass is 10.4. The quantitative estimate of drug-likeness (QED) is 0.672. The summed E-state index contributed by atoms with van der Waals surface area (Å²) in [7, 11) is 1.94. The predicted molar refractivity (Wildman–Crippen MR) is 88.0 cm³/mol. The number of furan rings is 1. The summed E-state index contributed by atoms with van der Waals surface area (Å²) in [6.45, 7) is 5.80. The number of nitrogens with zero attached hydrogens (tertiary/aromatic N) is 3. The van der Waals surface area contributed by atoms with Gasteiger partial charge < -0.3 is 19.1 Å². The van der Waals surface area contributed by atoms with E-state index in [1.807, 2.05) is 43.9 Å². The Morgan fingerprint density at radius 1 is 1.43 bits per heavy atom. The smallest absolute Gasteiger partial charge is 0.290 e. The number of rotatable bonds is 1. The van der Waals surface area contributed by atoms with E-state index in [-0.39, 0.29) is 6.47 Å². The molecule has 0 saturated heterocycles. The van der Waals surface area contributed by atoms with E-state index in [0.717, 1.165) is 17.9 Å². The van der Waals surface area contributed by atoms with E-state index >= 15 is 0 Å². The molecule has 3 heterocycles. The maximum Gasteiger partial charge on any atom is 0.290 e. The number of imidazole rings is 2. The Balaban J connectivity index is 0.000000295. The van der Waals surface area contributed by atoms with E-state index in [4.69, 9.17) is 14.3 Å². The van der Waals surface area contributed by atoms with Crippen LogP contribution in [-0.2, 0) is 18.3 Å². The lowest BCUT2D eigenvalue weighted by Crippen LogP contribution is -1.80. The molecule has 2 N–H and O–H groups in total. The Kier molecular flexibility index (Phi) is 11.3. The summed E-state index contributed by atoms with van der Waals surface area (Å²) in [4.78, 5) is 19.4. The molecule has 0 aliphatic rings. The van der Waals surface area contributed by atoms with E-state index in [0.29, 0.717) is 0 Å². The highest BCUT2D eigenvalue weighted by Crippen LogP contribution is 1.94. The van der Waals surface area contributed by atoms with Crippen LogP contribution in [-0.4, -0.2) is 31.1 Å². The van der Waals surface area contributed by atoms with Gasteiger partial charge in [0.1, 0.15) is 5.82 Å². The van der Waals surface area contributed by atoms with Crippen LogP contribution in [0.3, 0.4) is 0 Å². The van der Waals surface area contributed by atoms with Gasteiger partial charge in [0.2, 0.25) is 0 Å². The van der Waals surface area contributed by atoms with Crippen molar-refractivity contribution in [3.05, 3.63) is 60.6 Å². The SMILES string of the molecule is CCc1nc(C)c[nH]1.Cc1ccoc1.Cn1ccnc1.O=CO. The molecule has 0 bridgehead atoms. The second-order valence-corrected chi connectivity index (χ2v) is 4.48. The number of aryl methyl sites for hydroxylation is 4. The molecule has 0 amide bonds. The Bertz CT molecular complexity index is 569. The molecule has 0 aromatic carbocycles. The first-order valence-electron chi connectivity index (χ1n) is 7.02. The molecule has 3 aromatic heterocycles. The number of hydrogen-bond acceptors (Lipinski definition) is 4. The number of aromatic amines is 1. The molecule has 0 aliphatic heterocycles. The van der Waals surface area contributed by atoms with Crippen molar-refractivity contribution in [2.75, 3.05) is 0 Å². The monoisotopic (exact) mass is 320 g/mol. The average Bonchev–Trinajstić information content (AvgIpc) is 3.25. The molecule has 126 valence electrons. The highest BCUT2D eigenvalue weighted by Gasteiger charge is 1.89. The highest BCUT2D eigenvalue weighted by atomic mass is 16.3. The topological polar surface area (TPSA) is 96.9 Å². The minimum atomic E-state index is -0.250. The lowest BCUT2D eigenvalue weighted by Gasteiger charge is -1.80. The number of hydrogen-bond donors (Lipinski definition) is 2. The summed E-state index contributed by atoms with van der Waals surface area (Å²) < 4.78 is 6.60. The minimum Gasteiger partial charge on any atom is -0.483 e. The van der Waals surface area contributed by atoms with Crippen molar-refractivity contribution >= 4 is 6.47 Å². The van der Waals surface area contributed by atoms with Gasteiger partial charge in [-0.3, -0.25) is 4.79 Å². The zero-order chi connectivity index (χ0) is 17.5. The lowest BCUT2D eigenvalue weighted by molar-refractivity contribution is -0.122. The third-order valence-corrected chi connectivity index (χ3v) is 2.39. The van der Waals surface area contributed by atoms with Crippen LogP contribution in [0.5, 0.6) is 0 Å². The molecule has 7 nitrogen and oxygen atoms in total. The number of carbonyl (C=O) groups is 1. The van der Waals surface area contributed by atoms with Crippen LogP contribution in [0.15, 0.2) is 47.9 Å². The van der Waals surface area contributed by atoms with E-state index in [2.05, 4.69) is 21.9 Å². The largest absolute Gasteiger partial charge is 0.483 e. The van der Waals surface area contributed by atoms with Gasteiger partial charge in [0, 0.05) is 32.1 Å². The Labute approximate surface area is 136 Å². The minimum absolute atomic E-state index is 0.250. The average molecular weight is 320 g/mol. The summed E-state index contributed by atoms with van der Waals surface area (Å²) in [6, 6.07) is 1.92. The zero-order valence-corrected chi connectivity index (χ0v) is 13.9. The van der Waals surface area contributed by atoms with Crippen molar-refractivity contribution < 1.29 is 14.3 Å². The van der Waals surface area contributed by atoms with Gasteiger partial charge >= 0.3 is 0 Å². The van der Waals surface area contributed by atoms with Crippen LogP contribution in [0.2, 0.25) is 0 Å². The summed E-state index contributed by atoms with van der Waals surface area (Å²) in [6.07, 6.45) is 11.7. The Morgan fingerprint density at radius 3 is 2.30 bits per heavy atom. The Morgan fingerprint density at radius 2 is 2.13 bits per heavy atom. The molecule has 0 atom stereocenters. The fourth-order valence-electron chi connectivity index (χ4n) is 1.30. The van der Waals surface area contributed by atoms with Gasteiger partial charge in [-0.05, 0) is 25.5 Å². The van der Waals surface area contributed by atoms with Crippen LogP contribution in [0.25, 0.3) is 0 Å². The molecule has 0 saturated carbocycles. The summed E-state index contributed by atoms with van der Waals surface area (Å²) >= 11 is 0. The number of aromatic nitrogens is 4. The standard InChI is InChI=1S/C6H10N2.C5H6O.C4H6N2.CH2O2/c1-3-6-7-4-5(2)8-6;1-5-2-3-6-4-5;1-6-3-2-5-4-6;2-1-3/h4H,3H2,1-2H3,(H,7,8);2*2-4H,1H3;1H,(H,2,3). The Hall–Kier alpha value is -2.83. The predicted octanol–water partition coefficient (Wildman–Crippen LogP) is 2.99. The van der Waals surface area contributed by atoms with Gasteiger partial charge in [-0.2, -0.15) is 0 Å². The number of nitrogens with one attached hydrogen (secondary N) is 1. The van der Waals surface area contributed by atoms with Crippen molar-refractivity contribution in [1.82, 2.24) is 19.5 Å². The molecule has 0 radical (unpaired) electrons. The molecule has 0 spiro atoms. The second kappa shape index (κ2) is 12.9. The third-order valence-electron chi connectivity index (χ3n) is 2.39. The van der Waals surface area contributed by atoms with Crippen LogP contribution in [0.1, 0.15) is 24.0 Å². The summed E-state index contributed by atoms with van der Waals surface area (Å²) in [5, 5.41) is 6.89. The molecule has 3 aromatic rings. The fraction of sp³-hybridized carbons (Fsp3) is 0.312. The first-order valence-corrected chi connectivity index (χ1v) is 7.02. The zero-order valence-electron chi connectivity index (χ0n) is 13.9. The van der Waals surface area contributed by atoms with Crippen molar-refractivity contribution in [1.29, 1.82) is 0 Å². The number of carboxylic acid groups (broad SMARTS) is 1. The maximum atomic E-state index is 8.36. The third kappa shape index (κ3) is 11.5. The fourth-order valence-corrected chi connectivity index (χ4v) is 1.30. The molecule has 23 heavy (non-hydrogen) atoms. The van der Waals surface area contributed by atoms with E-state index < -0.39 is 0 Å². The van der Waals surface area contributed by atoms with Crippen LogP contribution >= 0.6 is 0 Å². The second-order valence-electron chi connectivity index (χ2n) is 4.48. The molecular weight excluding hydrogens is 296 g/mol.